The quantitative estimate of drug-likeness (QED) is 0.229. The van der Waals surface area contributed by atoms with Crippen LogP contribution in [-0.2, 0) is 6.54 Å². The molecule has 1 N–H and O–H groups in total. The molecule has 3 aromatic rings. The van der Waals surface area contributed by atoms with Gasteiger partial charge in [0, 0.05) is 36.4 Å². The molecule has 0 aliphatic carbocycles. The van der Waals surface area contributed by atoms with Gasteiger partial charge in [0.25, 0.3) is 5.91 Å². The number of carbonyl (C=O) groups is 2. The molecule has 0 saturated carbocycles. The van der Waals surface area contributed by atoms with E-state index in [1.165, 1.54) is 32.4 Å². The van der Waals surface area contributed by atoms with Gasteiger partial charge in [0.2, 0.25) is 5.95 Å². The third kappa shape index (κ3) is 7.69. The molecule has 210 valence electrons. The van der Waals surface area contributed by atoms with Crippen LogP contribution in [0, 0.1) is 0 Å². The maximum absolute atomic E-state index is 13.6. The number of amides is 1. The summed E-state index contributed by atoms with van der Waals surface area (Å²) >= 11 is 0. The zero-order valence-electron chi connectivity index (χ0n) is 24.0. The third-order valence-electron chi connectivity index (χ3n) is 7.70. The minimum atomic E-state index is 0.0515. The van der Waals surface area contributed by atoms with E-state index in [0.717, 1.165) is 86.5 Å². The fraction of sp³-hybridized carbons (Fsp3) is 0.531. The van der Waals surface area contributed by atoms with Crippen LogP contribution in [0.3, 0.4) is 0 Å². The van der Waals surface area contributed by atoms with Crippen LogP contribution in [-0.4, -0.2) is 63.8 Å². The highest BCUT2D eigenvalue weighted by atomic mass is 16.2. The maximum atomic E-state index is 13.6. The lowest BCUT2D eigenvalue weighted by molar-refractivity contribution is 0.0751. The Morgan fingerprint density at radius 1 is 0.872 bits per heavy atom. The van der Waals surface area contributed by atoms with E-state index in [9.17, 15) is 9.59 Å². The van der Waals surface area contributed by atoms with Gasteiger partial charge in [-0.3, -0.25) is 9.59 Å². The second-order valence-electron chi connectivity index (χ2n) is 10.8. The van der Waals surface area contributed by atoms with Gasteiger partial charge in [-0.15, -0.1) is 0 Å². The van der Waals surface area contributed by atoms with Crippen LogP contribution in [0.2, 0.25) is 0 Å². The topological polar surface area (TPSA) is 70.5 Å². The number of anilines is 2. The summed E-state index contributed by atoms with van der Waals surface area (Å²) in [5.41, 5.74) is 4.15. The molecule has 1 aliphatic rings. The Morgan fingerprint density at radius 3 is 2.18 bits per heavy atom. The first-order valence-electron chi connectivity index (χ1n) is 14.9. The van der Waals surface area contributed by atoms with E-state index in [2.05, 4.69) is 28.6 Å². The van der Waals surface area contributed by atoms with Gasteiger partial charge >= 0.3 is 0 Å². The summed E-state index contributed by atoms with van der Waals surface area (Å²) in [6.07, 6.45) is 9.10. The summed E-state index contributed by atoms with van der Waals surface area (Å²) in [6, 6.07) is 13.4. The predicted octanol–water partition coefficient (Wildman–Crippen LogP) is 6.90. The summed E-state index contributed by atoms with van der Waals surface area (Å²) in [5.74, 6) is 0.919. The number of unbranched alkanes of at least 4 members (excludes halogenated alkanes) is 2. The number of hydrogen-bond donors (Lipinski definition) is 1. The summed E-state index contributed by atoms with van der Waals surface area (Å²) in [4.78, 5) is 34.8. The van der Waals surface area contributed by atoms with Crippen molar-refractivity contribution in [3.63, 3.8) is 0 Å². The van der Waals surface area contributed by atoms with E-state index in [1.807, 2.05) is 47.4 Å². The first kappa shape index (κ1) is 28.8. The molecule has 1 aliphatic heterocycles. The van der Waals surface area contributed by atoms with Crippen LogP contribution in [0.4, 0.5) is 11.6 Å². The van der Waals surface area contributed by atoms with Crippen molar-refractivity contribution in [3.05, 3.63) is 53.6 Å². The lowest BCUT2D eigenvalue weighted by Crippen LogP contribution is -2.33. The Hall–Kier alpha value is -3.19. The molecule has 0 spiro atoms. The number of rotatable bonds is 14. The number of aromatic nitrogens is 2. The molecule has 0 unspecified atom stereocenters. The van der Waals surface area contributed by atoms with E-state index in [1.54, 1.807) is 6.92 Å². The predicted molar refractivity (Wildman–Crippen MR) is 160 cm³/mol. The van der Waals surface area contributed by atoms with E-state index in [0.29, 0.717) is 5.56 Å². The SMILES string of the molecule is CCCCN(CCCC)C(=O)c1ccc2nc(Nc3ccc(C(C)=O)cc3)n(CCCN3CCCCC3)c2c1. The molecule has 2 aromatic carbocycles. The lowest BCUT2D eigenvalue weighted by Gasteiger charge is -2.26. The highest BCUT2D eigenvalue weighted by Gasteiger charge is 2.19. The fourth-order valence-corrected chi connectivity index (χ4v) is 5.33. The average Bonchev–Trinajstić information content (AvgIpc) is 3.29. The van der Waals surface area contributed by atoms with E-state index in [4.69, 9.17) is 4.98 Å². The Morgan fingerprint density at radius 2 is 1.54 bits per heavy atom. The average molecular weight is 532 g/mol. The van der Waals surface area contributed by atoms with Gasteiger partial charge in [-0.2, -0.15) is 0 Å². The Bertz CT molecular complexity index is 1220. The first-order valence-corrected chi connectivity index (χ1v) is 14.9. The number of fused-ring (bicyclic) bond motifs is 1. The van der Waals surface area contributed by atoms with Crippen molar-refractivity contribution in [3.8, 4) is 0 Å². The molecule has 4 rings (SSSR count). The molecular formula is C32H45N5O2. The molecule has 7 nitrogen and oxygen atoms in total. The van der Waals surface area contributed by atoms with Crippen LogP contribution < -0.4 is 5.32 Å². The number of likely N-dealkylation sites (tertiary alicyclic amines) is 1. The molecule has 1 saturated heterocycles. The summed E-state index contributed by atoms with van der Waals surface area (Å²) in [7, 11) is 0. The van der Waals surface area contributed by atoms with Crippen LogP contribution in [0.5, 0.6) is 0 Å². The van der Waals surface area contributed by atoms with E-state index < -0.39 is 0 Å². The second-order valence-corrected chi connectivity index (χ2v) is 10.8. The smallest absolute Gasteiger partial charge is 0.253 e. The van der Waals surface area contributed by atoms with Crippen molar-refractivity contribution < 1.29 is 9.59 Å². The summed E-state index contributed by atoms with van der Waals surface area (Å²) in [6.45, 7) is 11.7. The Kier molecular flexibility index (Phi) is 10.5. The number of aryl methyl sites for hydroxylation is 1. The minimum absolute atomic E-state index is 0.0515. The zero-order valence-corrected chi connectivity index (χ0v) is 24.0. The normalized spacial score (nSPS) is 14.0. The van der Waals surface area contributed by atoms with Gasteiger partial charge in [-0.1, -0.05) is 33.1 Å². The van der Waals surface area contributed by atoms with Gasteiger partial charge in [0.1, 0.15) is 0 Å². The number of ketones is 1. The molecule has 1 aromatic heterocycles. The van der Waals surface area contributed by atoms with Crippen LogP contribution in [0.25, 0.3) is 11.0 Å². The van der Waals surface area contributed by atoms with E-state index in [-0.39, 0.29) is 11.7 Å². The van der Waals surface area contributed by atoms with E-state index >= 15 is 0 Å². The Balaban J connectivity index is 1.61. The maximum Gasteiger partial charge on any atom is 0.253 e. The van der Waals surface area contributed by atoms with Crippen molar-refractivity contribution >= 4 is 34.4 Å². The Labute approximate surface area is 233 Å². The van der Waals surface area contributed by atoms with Crippen LogP contribution in [0.15, 0.2) is 42.5 Å². The third-order valence-corrected chi connectivity index (χ3v) is 7.70. The second kappa shape index (κ2) is 14.3. The minimum Gasteiger partial charge on any atom is -0.339 e. The highest BCUT2D eigenvalue weighted by molar-refractivity contribution is 5.98. The highest BCUT2D eigenvalue weighted by Crippen LogP contribution is 2.26. The monoisotopic (exact) mass is 531 g/mol. The number of hydrogen-bond acceptors (Lipinski definition) is 5. The number of Topliss-reactive ketones (excluding diaryl/α,β-unsaturated/α-hetero) is 1. The molecule has 0 radical (unpaired) electrons. The number of nitrogens with zero attached hydrogens (tertiary/aromatic N) is 4. The van der Waals surface area contributed by atoms with Gasteiger partial charge in [0.05, 0.1) is 11.0 Å². The summed E-state index contributed by atoms with van der Waals surface area (Å²) < 4.78 is 2.22. The molecule has 7 heteroatoms. The van der Waals surface area contributed by atoms with Crippen molar-refractivity contribution in [2.75, 3.05) is 38.0 Å². The molecule has 0 atom stereocenters. The fourth-order valence-electron chi connectivity index (χ4n) is 5.33. The number of piperidine rings is 1. The largest absolute Gasteiger partial charge is 0.339 e. The van der Waals surface area contributed by atoms with Gasteiger partial charge < -0.3 is 19.7 Å². The van der Waals surface area contributed by atoms with Crippen molar-refractivity contribution in [1.82, 2.24) is 19.4 Å². The summed E-state index contributed by atoms with van der Waals surface area (Å²) in [5, 5.41) is 3.48. The van der Waals surface area contributed by atoms with Crippen LogP contribution >= 0.6 is 0 Å². The van der Waals surface area contributed by atoms with Crippen molar-refractivity contribution in [1.29, 1.82) is 0 Å². The standard InChI is InChI=1S/C32H45N5O2/c1-4-6-21-36(22-7-5-2)31(39)27-14-17-29-30(24-27)37(23-11-20-35-18-9-8-10-19-35)32(34-29)33-28-15-12-26(13-16-28)25(3)38/h12-17,24H,4-11,18-23H2,1-3H3,(H,33,34). The number of benzene rings is 2. The molecule has 2 heterocycles. The molecule has 39 heavy (non-hydrogen) atoms. The molecular weight excluding hydrogens is 486 g/mol. The number of carbonyl (C=O) groups excluding carboxylic acids is 2. The molecule has 0 bridgehead atoms. The lowest BCUT2D eigenvalue weighted by atomic mass is 10.1. The molecule has 1 fully saturated rings. The van der Waals surface area contributed by atoms with Gasteiger partial charge in [-0.05, 0) is 101 Å². The van der Waals surface area contributed by atoms with Crippen LogP contribution in [0.1, 0.15) is 92.9 Å². The number of imidazole rings is 1. The van der Waals surface area contributed by atoms with Crippen molar-refractivity contribution in [2.24, 2.45) is 0 Å². The zero-order chi connectivity index (χ0) is 27.6. The molecule has 1 amide bonds. The van der Waals surface area contributed by atoms with Gasteiger partial charge in [-0.25, -0.2) is 4.98 Å². The number of nitrogens with one attached hydrogen (secondary N) is 1. The van der Waals surface area contributed by atoms with Gasteiger partial charge in [0.15, 0.2) is 5.78 Å². The van der Waals surface area contributed by atoms with Crippen molar-refractivity contribution in [2.45, 2.75) is 78.7 Å². The first-order chi connectivity index (χ1) is 19.0.